The van der Waals surface area contributed by atoms with Crippen molar-refractivity contribution in [2.24, 2.45) is 10.9 Å². The molecule has 0 spiro atoms. The van der Waals surface area contributed by atoms with Crippen LogP contribution in [0.1, 0.15) is 30.7 Å². The van der Waals surface area contributed by atoms with Gasteiger partial charge in [0.05, 0.1) is 6.04 Å². The van der Waals surface area contributed by atoms with Crippen LogP contribution in [0.2, 0.25) is 0 Å². The molecule has 2 aromatic rings. The third-order valence-corrected chi connectivity index (χ3v) is 3.93. The van der Waals surface area contributed by atoms with Crippen molar-refractivity contribution in [1.82, 2.24) is 4.57 Å². The molecule has 0 amide bonds. The van der Waals surface area contributed by atoms with Crippen LogP contribution in [0, 0.1) is 12.8 Å². The highest BCUT2D eigenvalue weighted by molar-refractivity contribution is 5.93. The first kappa shape index (κ1) is 13.9. The van der Waals surface area contributed by atoms with Gasteiger partial charge < -0.3 is 9.30 Å². The van der Waals surface area contributed by atoms with E-state index < -0.39 is 0 Å². The van der Waals surface area contributed by atoms with E-state index in [1.165, 1.54) is 11.1 Å². The van der Waals surface area contributed by atoms with E-state index in [0.717, 1.165) is 18.1 Å². The molecule has 1 atom stereocenters. The first-order chi connectivity index (χ1) is 10.1. The Labute approximate surface area is 126 Å². The lowest BCUT2D eigenvalue weighted by Gasteiger charge is -2.09. The number of aliphatic imine (C=N–C) groups is 1. The van der Waals surface area contributed by atoms with E-state index in [1.54, 1.807) is 0 Å². The predicted molar refractivity (Wildman–Crippen MR) is 85.8 cm³/mol. The number of hydrogen-bond acceptors (Lipinski definition) is 2. The van der Waals surface area contributed by atoms with Crippen LogP contribution in [-0.2, 0) is 11.3 Å². The van der Waals surface area contributed by atoms with Gasteiger partial charge in [-0.2, -0.15) is 0 Å². The molecule has 0 bridgehead atoms. The SMILES string of the molecule is Cc1cccc(Cn2cccc2C2=NC(C(C)C)CO2)c1. The van der Waals surface area contributed by atoms with Gasteiger partial charge in [-0.15, -0.1) is 0 Å². The molecule has 1 aliphatic heterocycles. The summed E-state index contributed by atoms with van der Waals surface area (Å²) in [4.78, 5) is 4.72. The van der Waals surface area contributed by atoms with Gasteiger partial charge in [-0.25, -0.2) is 4.99 Å². The van der Waals surface area contributed by atoms with Crippen molar-refractivity contribution in [2.45, 2.75) is 33.4 Å². The first-order valence-electron chi connectivity index (χ1n) is 7.55. The predicted octanol–water partition coefficient (Wildman–Crippen LogP) is 3.65. The molecular weight excluding hydrogens is 260 g/mol. The Kier molecular flexibility index (Phi) is 3.82. The van der Waals surface area contributed by atoms with Gasteiger partial charge in [-0.3, -0.25) is 0 Å². The third-order valence-electron chi connectivity index (χ3n) is 3.93. The van der Waals surface area contributed by atoms with Crippen LogP contribution in [0.5, 0.6) is 0 Å². The largest absolute Gasteiger partial charge is 0.474 e. The highest BCUT2D eigenvalue weighted by Gasteiger charge is 2.24. The third kappa shape index (κ3) is 3.02. The van der Waals surface area contributed by atoms with Crippen LogP contribution in [0.25, 0.3) is 0 Å². The van der Waals surface area contributed by atoms with E-state index in [0.29, 0.717) is 12.5 Å². The van der Waals surface area contributed by atoms with Gasteiger partial charge in [0, 0.05) is 12.7 Å². The number of hydrogen-bond donors (Lipinski definition) is 0. The summed E-state index contributed by atoms with van der Waals surface area (Å²) < 4.78 is 8.01. The summed E-state index contributed by atoms with van der Waals surface area (Å²) in [6.45, 7) is 8.04. The molecule has 110 valence electrons. The second-order valence-electron chi connectivity index (χ2n) is 6.07. The molecule has 0 N–H and O–H groups in total. The maximum absolute atomic E-state index is 5.80. The molecule has 3 heteroatoms. The van der Waals surface area contributed by atoms with Crippen LogP contribution in [0.4, 0.5) is 0 Å². The molecule has 1 aromatic carbocycles. The molecule has 21 heavy (non-hydrogen) atoms. The smallest absolute Gasteiger partial charge is 0.233 e. The van der Waals surface area contributed by atoms with Gasteiger partial charge >= 0.3 is 0 Å². The quantitative estimate of drug-likeness (QED) is 0.841. The zero-order valence-electron chi connectivity index (χ0n) is 12.9. The standard InChI is InChI=1S/C18H22N2O/c1-13(2)16-12-21-18(19-16)17-8-5-9-20(17)11-15-7-4-6-14(3)10-15/h4-10,13,16H,11-12H2,1-3H3. The summed E-state index contributed by atoms with van der Waals surface area (Å²) in [5.74, 6) is 1.30. The summed E-state index contributed by atoms with van der Waals surface area (Å²) >= 11 is 0. The van der Waals surface area contributed by atoms with Crippen molar-refractivity contribution in [3.63, 3.8) is 0 Å². The highest BCUT2D eigenvalue weighted by Crippen LogP contribution is 2.19. The molecule has 3 rings (SSSR count). The number of aromatic nitrogens is 1. The topological polar surface area (TPSA) is 26.5 Å². The number of ether oxygens (including phenoxy) is 1. The van der Waals surface area contributed by atoms with E-state index in [-0.39, 0.29) is 6.04 Å². The highest BCUT2D eigenvalue weighted by atomic mass is 16.5. The van der Waals surface area contributed by atoms with Gasteiger partial charge in [0.1, 0.15) is 12.3 Å². The Morgan fingerprint density at radius 1 is 1.29 bits per heavy atom. The number of benzene rings is 1. The normalized spacial score (nSPS) is 17.9. The minimum Gasteiger partial charge on any atom is -0.474 e. The molecule has 0 saturated heterocycles. The van der Waals surface area contributed by atoms with Crippen molar-refractivity contribution in [3.8, 4) is 0 Å². The molecule has 3 nitrogen and oxygen atoms in total. The summed E-state index contributed by atoms with van der Waals surface area (Å²) in [6.07, 6.45) is 2.09. The van der Waals surface area contributed by atoms with Crippen LogP contribution in [-0.4, -0.2) is 23.1 Å². The van der Waals surface area contributed by atoms with E-state index in [9.17, 15) is 0 Å². The molecule has 0 aliphatic carbocycles. The van der Waals surface area contributed by atoms with Crippen molar-refractivity contribution in [1.29, 1.82) is 0 Å². The Balaban J connectivity index is 1.83. The zero-order valence-corrected chi connectivity index (χ0v) is 12.9. The second kappa shape index (κ2) is 5.76. The summed E-state index contributed by atoms with van der Waals surface area (Å²) in [5.41, 5.74) is 3.65. The Morgan fingerprint density at radius 3 is 2.86 bits per heavy atom. The maximum atomic E-state index is 5.80. The molecule has 1 unspecified atom stereocenters. The molecule has 1 aliphatic rings. The fraction of sp³-hybridized carbons (Fsp3) is 0.389. The van der Waals surface area contributed by atoms with Crippen LogP contribution < -0.4 is 0 Å². The Hall–Kier alpha value is -2.03. The number of rotatable bonds is 4. The lowest BCUT2D eigenvalue weighted by molar-refractivity contribution is 0.290. The van der Waals surface area contributed by atoms with E-state index in [4.69, 9.17) is 9.73 Å². The zero-order chi connectivity index (χ0) is 14.8. The van der Waals surface area contributed by atoms with Crippen molar-refractivity contribution in [2.75, 3.05) is 6.61 Å². The molecule has 2 heterocycles. The van der Waals surface area contributed by atoms with Crippen molar-refractivity contribution in [3.05, 3.63) is 59.4 Å². The summed E-state index contributed by atoms with van der Waals surface area (Å²) in [7, 11) is 0. The van der Waals surface area contributed by atoms with Crippen LogP contribution in [0.3, 0.4) is 0 Å². The summed E-state index contributed by atoms with van der Waals surface area (Å²) in [6, 6.07) is 13.0. The molecule has 1 aromatic heterocycles. The van der Waals surface area contributed by atoms with Gasteiger partial charge in [-0.1, -0.05) is 43.7 Å². The monoisotopic (exact) mass is 282 g/mol. The Morgan fingerprint density at radius 2 is 2.14 bits per heavy atom. The number of nitrogens with zero attached hydrogens (tertiary/aromatic N) is 2. The summed E-state index contributed by atoms with van der Waals surface area (Å²) in [5, 5.41) is 0. The van der Waals surface area contributed by atoms with Gasteiger partial charge in [-0.05, 0) is 30.5 Å². The van der Waals surface area contributed by atoms with Gasteiger partial charge in [0.2, 0.25) is 5.90 Å². The first-order valence-corrected chi connectivity index (χ1v) is 7.55. The lowest BCUT2D eigenvalue weighted by atomic mass is 10.1. The average Bonchev–Trinajstić information content (AvgIpc) is 3.06. The maximum Gasteiger partial charge on any atom is 0.233 e. The Bertz CT molecular complexity index is 655. The molecule has 0 fully saturated rings. The van der Waals surface area contributed by atoms with Gasteiger partial charge in [0.25, 0.3) is 0 Å². The van der Waals surface area contributed by atoms with Crippen molar-refractivity contribution >= 4 is 5.90 Å². The van der Waals surface area contributed by atoms with E-state index in [1.807, 2.05) is 0 Å². The number of aryl methyl sites for hydroxylation is 1. The fourth-order valence-corrected chi connectivity index (χ4v) is 2.62. The lowest BCUT2D eigenvalue weighted by Crippen LogP contribution is -2.13. The fourth-order valence-electron chi connectivity index (χ4n) is 2.62. The van der Waals surface area contributed by atoms with E-state index in [2.05, 4.69) is 67.9 Å². The molecule has 0 saturated carbocycles. The minimum atomic E-state index is 0.280. The van der Waals surface area contributed by atoms with Crippen LogP contribution in [0.15, 0.2) is 47.6 Å². The minimum absolute atomic E-state index is 0.280. The van der Waals surface area contributed by atoms with E-state index >= 15 is 0 Å². The second-order valence-corrected chi connectivity index (χ2v) is 6.07. The molecule has 0 radical (unpaired) electrons. The van der Waals surface area contributed by atoms with Crippen LogP contribution >= 0.6 is 0 Å². The van der Waals surface area contributed by atoms with Crippen molar-refractivity contribution < 1.29 is 4.74 Å². The van der Waals surface area contributed by atoms with Gasteiger partial charge in [0.15, 0.2) is 0 Å². The molecular formula is C18H22N2O. The average molecular weight is 282 g/mol.